The van der Waals surface area contributed by atoms with Crippen LogP contribution in [0.25, 0.3) is 0 Å². The molecule has 3 aromatic rings. The van der Waals surface area contributed by atoms with Crippen molar-refractivity contribution >= 4 is 20.0 Å². The zero-order chi connectivity index (χ0) is 31.0. The van der Waals surface area contributed by atoms with Crippen molar-refractivity contribution < 1.29 is 26.3 Å². The number of hydrogen-bond acceptors (Lipinski definition) is 7. The van der Waals surface area contributed by atoms with Crippen LogP contribution in [0.15, 0.2) is 58.3 Å². The lowest BCUT2D eigenvalue weighted by Gasteiger charge is -2.36. The molecule has 0 saturated heterocycles. The Morgan fingerprint density at radius 3 is 1.70 bits per heavy atom. The van der Waals surface area contributed by atoms with Crippen molar-refractivity contribution in [3.05, 3.63) is 82.2 Å². The predicted octanol–water partition coefficient (Wildman–Crippen LogP) is 5.61. The van der Waals surface area contributed by atoms with Gasteiger partial charge in [-0.1, -0.05) is 48.2 Å². The van der Waals surface area contributed by atoms with Gasteiger partial charge in [-0.15, -0.1) is 0 Å². The molecule has 232 valence electrons. The Morgan fingerprint density at radius 2 is 1.19 bits per heavy atom. The van der Waals surface area contributed by atoms with Gasteiger partial charge in [0.25, 0.3) is 0 Å². The highest BCUT2D eigenvalue weighted by Gasteiger charge is 2.36. The summed E-state index contributed by atoms with van der Waals surface area (Å²) in [6, 6.07) is 13.8. The fraction of sp³-hybridized carbons (Fsp3) is 0.469. The fourth-order valence-electron chi connectivity index (χ4n) is 5.52. The average molecular weight is 628 g/mol. The molecular weight excluding hydrogens is 587 g/mol. The number of hydrogen-bond donors (Lipinski definition) is 0. The Kier molecular flexibility index (Phi) is 9.02. The number of aryl methyl sites for hydroxylation is 3. The van der Waals surface area contributed by atoms with Crippen LogP contribution in [0, 0.1) is 20.8 Å². The van der Waals surface area contributed by atoms with Crippen LogP contribution in [0.5, 0.6) is 5.75 Å². The highest BCUT2D eigenvalue weighted by Crippen LogP contribution is 2.39. The second-order valence-electron chi connectivity index (χ2n) is 11.9. The minimum Gasteiger partial charge on any atom is -0.461 e. The van der Waals surface area contributed by atoms with Crippen LogP contribution in [0.4, 0.5) is 0 Å². The molecular formula is C32H41N3O6S2. The maximum absolute atomic E-state index is 13.9. The SMILES string of the molecule is Cc1ccc(S(=O)(=O)N2CCCCCCN(S(=O)(=O)c3ccc(C)cc3)Cc3c(C)nc(c4c3COC(C)(C)O4)C2)cc1. The van der Waals surface area contributed by atoms with Crippen molar-refractivity contribution in [3.63, 3.8) is 0 Å². The van der Waals surface area contributed by atoms with Gasteiger partial charge in [-0.25, -0.2) is 16.8 Å². The third-order valence-corrected chi connectivity index (χ3v) is 11.8. The van der Waals surface area contributed by atoms with E-state index in [9.17, 15) is 16.8 Å². The molecule has 3 heterocycles. The second kappa shape index (κ2) is 12.3. The molecule has 0 atom stereocenters. The minimum absolute atomic E-state index is 0.0289. The molecule has 43 heavy (non-hydrogen) atoms. The summed E-state index contributed by atoms with van der Waals surface area (Å²) in [5, 5.41) is 0. The van der Waals surface area contributed by atoms with Crippen molar-refractivity contribution in [3.8, 4) is 5.75 Å². The van der Waals surface area contributed by atoms with Gasteiger partial charge in [0.2, 0.25) is 25.8 Å². The highest BCUT2D eigenvalue weighted by atomic mass is 32.2. The smallest absolute Gasteiger partial charge is 0.243 e. The third kappa shape index (κ3) is 6.81. The highest BCUT2D eigenvalue weighted by molar-refractivity contribution is 7.89. The molecule has 2 bridgehead atoms. The summed E-state index contributed by atoms with van der Waals surface area (Å²) >= 11 is 0. The van der Waals surface area contributed by atoms with E-state index in [1.54, 1.807) is 62.4 Å². The minimum atomic E-state index is -3.82. The first-order chi connectivity index (χ1) is 20.3. The van der Waals surface area contributed by atoms with E-state index in [-0.39, 0.29) is 29.5 Å². The molecule has 0 spiro atoms. The van der Waals surface area contributed by atoms with Gasteiger partial charge in [0.1, 0.15) is 0 Å². The molecule has 11 heteroatoms. The van der Waals surface area contributed by atoms with Crippen molar-refractivity contribution in [1.29, 1.82) is 0 Å². The lowest BCUT2D eigenvalue weighted by Crippen LogP contribution is -2.39. The maximum atomic E-state index is 13.9. The third-order valence-electron chi connectivity index (χ3n) is 8.09. The molecule has 5 rings (SSSR count). The molecule has 0 saturated carbocycles. The Labute approximate surface area is 255 Å². The summed E-state index contributed by atoms with van der Waals surface area (Å²) < 4.78 is 71.0. The van der Waals surface area contributed by atoms with Crippen molar-refractivity contribution in [2.75, 3.05) is 13.1 Å². The Bertz CT molecular complexity index is 1690. The summed E-state index contributed by atoms with van der Waals surface area (Å²) in [5.74, 6) is -0.499. The topological polar surface area (TPSA) is 106 Å². The summed E-state index contributed by atoms with van der Waals surface area (Å²) in [6.07, 6.45) is 2.80. The number of fused-ring (bicyclic) bond motifs is 6. The molecule has 9 nitrogen and oxygen atoms in total. The van der Waals surface area contributed by atoms with Crippen LogP contribution < -0.4 is 4.74 Å². The quantitative estimate of drug-likeness (QED) is 0.370. The predicted molar refractivity (Wildman–Crippen MR) is 164 cm³/mol. The van der Waals surface area contributed by atoms with Crippen LogP contribution in [0.1, 0.15) is 73.2 Å². The van der Waals surface area contributed by atoms with E-state index in [4.69, 9.17) is 14.5 Å². The summed E-state index contributed by atoms with van der Waals surface area (Å²) in [4.78, 5) is 5.37. The number of ether oxygens (including phenoxy) is 2. The lowest BCUT2D eigenvalue weighted by molar-refractivity contribution is -0.181. The van der Waals surface area contributed by atoms with Crippen LogP contribution in [0.2, 0.25) is 0 Å². The molecule has 0 fully saturated rings. The lowest BCUT2D eigenvalue weighted by atomic mass is 10.0. The van der Waals surface area contributed by atoms with E-state index in [0.29, 0.717) is 48.6 Å². The monoisotopic (exact) mass is 627 g/mol. The molecule has 2 aliphatic rings. The normalized spacial score (nSPS) is 18.9. The zero-order valence-corrected chi connectivity index (χ0v) is 27.2. The summed E-state index contributed by atoms with van der Waals surface area (Å²) in [7, 11) is -7.61. The summed E-state index contributed by atoms with van der Waals surface area (Å²) in [5.41, 5.74) is 4.50. The van der Waals surface area contributed by atoms with Crippen molar-refractivity contribution in [1.82, 2.24) is 13.6 Å². The van der Waals surface area contributed by atoms with Gasteiger partial charge in [-0.2, -0.15) is 8.61 Å². The van der Waals surface area contributed by atoms with E-state index in [2.05, 4.69) is 0 Å². The zero-order valence-electron chi connectivity index (χ0n) is 25.6. The van der Waals surface area contributed by atoms with E-state index >= 15 is 0 Å². The number of aromatic nitrogens is 1. The first-order valence-corrected chi connectivity index (χ1v) is 17.6. The second-order valence-corrected chi connectivity index (χ2v) is 15.8. The number of sulfonamides is 2. The molecule has 0 unspecified atom stereocenters. The van der Waals surface area contributed by atoms with Crippen LogP contribution in [-0.4, -0.2) is 49.3 Å². The van der Waals surface area contributed by atoms with Gasteiger partial charge in [0.05, 0.1) is 28.6 Å². The first kappa shape index (κ1) is 31.6. The van der Waals surface area contributed by atoms with Gasteiger partial charge >= 0.3 is 0 Å². The van der Waals surface area contributed by atoms with E-state index in [1.807, 2.05) is 20.8 Å². The van der Waals surface area contributed by atoms with Gasteiger partial charge < -0.3 is 9.47 Å². The van der Waals surface area contributed by atoms with E-state index < -0.39 is 25.8 Å². The van der Waals surface area contributed by atoms with Gasteiger partial charge in [0, 0.05) is 44.7 Å². The number of nitrogens with zero attached hydrogens (tertiary/aromatic N) is 3. The summed E-state index contributed by atoms with van der Waals surface area (Å²) in [6.45, 7) is 10.2. The van der Waals surface area contributed by atoms with Crippen molar-refractivity contribution in [2.45, 2.75) is 95.6 Å². The molecule has 0 amide bonds. The Hall–Kier alpha value is -2.83. The molecule has 1 aromatic heterocycles. The van der Waals surface area contributed by atoms with Crippen LogP contribution in [-0.2, 0) is 44.5 Å². The Morgan fingerprint density at radius 1 is 0.698 bits per heavy atom. The number of rotatable bonds is 4. The van der Waals surface area contributed by atoms with Crippen LogP contribution in [0.3, 0.4) is 0 Å². The van der Waals surface area contributed by atoms with Gasteiger partial charge in [-0.3, -0.25) is 4.98 Å². The molecule has 2 aromatic carbocycles. The number of pyridine rings is 1. The van der Waals surface area contributed by atoms with Gasteiger partial charge in [-0.05, 0) is 63.4 Å². The van der Waals surface area contributed by atoms with E-state index in [0.717, 1.165) is 29.5 Å². The largest absolute Gasteiger partial charge is 0.461 e. The van der Waals surface area contributed by atoms with Crippen LogP contribution >= 0.6 is 0 Å². The standard InChI is InChI=1S/C32H41N3O6S2/c1-23-10-14-26(15-11-23)42(36,37)34-18-8-6-7-9-19-35(43(38,39)27-16-12-24(2)13-17-27)21-30-31-29(22-40-32(4,5)41-31)28(20-34)25(3)33-30/h10-17H,6-9,18-22H2,1-5H3. The average Bonchev–Trinajstić information content (AvgIpc) is 2.94. The Balaban J connectivity index is 1.61. The number of benzene rings is 2. The van der Waals surface area contributed by atoms with Crippen molar-refractivity contribution in [2.24, 2.45) is 0 Å². The van der Waals surface area contributed by atoms with Gasteiger partial charge in [0.15, 0.2) is 5.75 Å². The van der Waals surface area contributed by atoms with E-state index in [1.165, 1.54) is 8.61 Å². The molecule has 0 aliphatic carbocycles. The maximum Gasteiger partial charge on any atom is 0.243 e. The molecule has 0 N–H and O–H groups in total. The first-order valence-electron chi connectivity index (χ1n) is 14.8. The fourth-order valence-corrected chi connectivity index (χ4v) is 8.41. The molecule has 0 radical (unpaired) electrons. The molecule has 2 aliphatic heterocycles.